The fraction of sp³-hybridized carbons (Fsp3) is 1.00. The van der Waals surface area contributed by atoms with Gasteiger partial charge in [-0.2, -0.15) is 0 Å². The highest BCUT2D eigenvalue weighted by Crippen LogP contribution is 2.32. The zero-order chi connectivity index (χ0) is 10.0. The molecule has 2 N–H and O–H groups in total. The third-order valence-electron chi connectivity index (χ3n) is 3.67. The van der Waals surface area contributed by atoms with Gasteiger partial charge in [0.2, 0.25) is 0 Å². The molecule has 0 radical (unpaired) electrons. The molecular weight excluding hydrogens is 176 g/mol. The lowest BCUT2D eigenvalue weighted by molar-refractivity contribution is -0.112. The zero-order valence-corrected chi connectivity index (χ0v) is 9.17. The van der Waals surface area contributed by atoms with Gasteiger partial charge in [0.25, 0.3) is 0 Å². The van der Waals surface area contributed by atoms with E-state index in [0.29, 0.717) is 5.41 Å². The molecule has 2 rings (SSSR count). The molecular formula is C11H22N2O. The molecule has 0 aliphatic carbocycles. The highest BCUT2D eigenvalue weighted by Gasteiger charge is 2.35. The second-order valence-corrected chi connectivity index (χ2v) is 5.11. The van der Waals surface area contributed by atoms with Crippen molar-refractivity contribution < 1.29 is 4.74 Å². The predicted molar refractivity (Wildman–Crippen MR) is 57.2 cm³/mol. The van der Waals surface area contributed by atoms with Gasteiger partial charge >= 0.3 is 0 Å². The molecule has 1 atom stereocenters. The van der Waals surface area contributed by atoms with Crippen LogP contribution in [0, 0.1) is 5.41 Å². The summed E-state index contributed by atoms with van der Waals surface area (Å²) >= 11 is 0. The average Bonchev–Trinajstić information content (AvgIpc) is 2.10. The summed E-state index contributed by atoms with van der Waals surface area (Å²) in [5.41, 5.74) is 6.05. The van der Waals surface area contributed by atoms with Gasteiger partial charge in [0, 0.05) is 11.5 Å². The summed E-state index contributed by atoms with van der Waals surface area (Å²) in [5, 5.41) is 0. The fourth-order valence-electron chi connectivity index (χ4n) is 2.32. The first-order valence-corrected chi connectivity index (χ1v) is 5.75. The SMILES string of the molecule is CC1(CCN2CCC2CCN)COC1. The van der Waals surface area contributed by atoms with Crippen LogP contribution in [0.4, 0.5) is 0 Å². The van der Waals surface area contributed by atoms with E-state index in [4.69, 9.17) is 10.5 Å². The Hall–Kier alpha value is -0.120. The van der Waals surface area contributed by atoms with E-state index in [-0.39, 0.29) is 0 Å². The van der Waals surface area contributed by atoms with Gasteiger partial charge in [-0.15, -0.1) is 0 Å². The van der Waals surface area contributed by atoms with Crippen LogP contribution in [-0.2, 0) is 4.74 Å². The van der Waals surface area contributed by atoms with Crippen molar-refractivity contribution in [2.45, 2.75) is 32.2 Å². The van der Waals surface area contributed by atoms with Gasteiger partial charge in [-0.1, -0.05) is 6.92 Å². The Kier molecular flexibility index (Phi) is 3.10. The van der Waals surface area contributed by atoms with E-state index < -0.39 is 0 Å². The molecule has 0 amide bonds. The summed E-state index contributed by atoms with van der Waals surface area (Å²) in [7, 11) is 0. The summed E-state index contributed by atoms with van der Waals surface area (Å²) in [4.78, 5) is 2.58. The minimum absolute atomic E-state index is 0.475. The van der Waals surface area contributed by atoms with E-state index in [2.05, 4.69) is 11.8 Å². The van der Waals surface area contributed by atoms with Crippen molar-refractivity contribution in [1.82, 2.24) is 4.90 Å². The lowest BCUT2D eigenvalue weighted by Crippen LogP contribution is -2.51. The quantitative estimate of drug-likeness (QED) is 0.711. The molecule has 0 saturated carbocycles. The van der Waals surface area contributed by atoms with Crippen LogP contribution in [0.25, 0.3) is 0 Å². The summed E-state index contributed by atoms with van der Waals surface area (Å²) in [6.07, 6.45) is 3.81. The number of nitrogens with zero attached hydrogens (tertiary/aromatic N) is 1. The molecule has 3 heteroatoms. The van der Waals surface area contributed by atoms with Crippen LogP contribution >= 0.6 is 0 Å². The number of hydrogen-bond donors (Lipinski definition) is 1. The van der Waals surface area contributed by atoms with Gasteiger partial charge in [-0.3, -0.25) is 0 Å². The fourth-order valence-corrected chi connectivity index (χ4v) is 2.32. The number of rotatable bonds is 5. The Morgan fingerprint density at radius 3 is 2.71 bits per heavy atom. The first kappa shape index (κ1) is 10.4. The molecule has 2 fully saturated rings. The molecule has 2 aliphatic heterocycles. The molecule has 0 bridgehead atoms. The Morgan fingerprint density at radius 1 is 1.50 bits per heavy atom. The highest BCUT2D eigenvalue weighted by atomic mass is 16.5. The number of likely N-dealkylation sites (tertiary alicyclic amines) is 1. The first-order valence-electron chi connectivity index (χ1n) is 5.75. The first-order chi connectivity index (χ1) is 6.73. The Morgan fingerprint density at radius 2 is 2.29 bits per heavy atom. The second-order valence-electron chi connectivity index (χ2n) is 5.11. The molecule has 0 spiro atoms. The maximum absolute atomic E-state index is 5.57. The number of hydrogen-bond acceptors (Lipinski definition) is 3. The molecule has 82 valence electrons. The highest BCUT2D eigenvalue weighted by molar-refractivity contribution is 4.87. The number of ether oxygens (including phenoxy) is 1. The van der Waals surface area contributed by atoms with Gasteiger partial charge < -0.3 is 15.4 Å². The van der Waals surface area contributed by atoms with Crippen molar-refractivity contribution in [2.24, 2.45) is 11.1 Å². The summed E-state index contributed by atoms with van der Waals surface area (Å²) in [5.74, 6) is 0. The predicted octanol–water partition coefficient (Wildman–Crippen LogP) is 0.836. The second kappa shape index (κ2) is 4.17. The summed E-state index contributed by atoms with van der Waals surface area (Å²) in [6.45, 7) is 7.60. The Bertz CT molecular complexity index is 192. The summed E-state index contributed by atoms with van der Waals surface area (Å²) < 4.78 is 5.26. The van der Waals surface area contributed by atoms with Gasteiger partial charge in [0.1, 0.15) is 0 Å². The molecule has 14 heavy (non-hydrogen) atoms. The Labute approximate surface area is 86.6 Å². The van der Waals surface area contributed by atoms with E-state index in [1.807, 2.05) is 0 Å². The van der Waals surface area contributed by atoms with Gasteiger partial charge in [-0.05, 0) is 38.9 Å². The molecule has 2 aliphatic rings. The minimum atomic E-state index is 0.475. The number of nitrogens with two attached hydrogens (primary N) is 1. The molecule has 0 aromatic carbocycles. The van der Waals surface area contributed by atoms with Crippen LogP contribution in [0.1, 0.15) is 26.2 Å². The van der Waals surface area contributed by atoms with Crippen LogP contribution in [0.3, 0.4) is 0 Å². The zero-order valence-electron chi connectivity index (χ0n) is 9.17. The van der Waals surface area contributed by atoms with E-state index >= 15 is 0 Å². The van der Waals surface area contributed by atoms with E-state index in [0.717, 1.165) is 25.8 Å². The average molecular weight is 198 g/mol. The molecule has 2 saturated heterocycles. The van der Waals surface area contributed by atoms with E-state index in [9.17, 15) is 0 Å². The standard InChI is InChI=1S/C11H22N2O/c1-11(8-14-9-11)4-7-13-6-3-10(13)2-5-12/h10H,2-9,12H2,1H3. The van der Waals surface area contributed by atoms with Crippen LogP contribution in [0.15, 0.2) is 0 Å². The van der Waals surface area contributed by atoms with Crippen molar-refractivity contribution in [3.63, 3.8) is 0 Å². The van der Waals surface area contributed by atoms with Gasteiger partial charge in [-0.25, -0.2) is 0 Å². The topological polar surface area (TPSA) is 38.5 Å². The largest absolute Gasteiger partial charge is 0.380 e. The molecule has 0 aromatic heterocycles. The van der Waals surface area contributed by atoms with E-state index in [1.165, 1.54) is 32.4 Å². The lowest BCUT2D eigenvalue weighted by atomic mass is 9.84. The van der Waals surface area contributed by atoms with Crippen molar-refractivity contribution in [3.05, 3.63) is 0 Å². The van der Waals surface area contributed by atoms with Crippen LogP contribution < -0.4 is 5.73 Å². The van der Waals surface area contributed by atoms with Crippen LogP contribution in [0.2, 0.25) is 0 Å². The minimum Gasteiger partial charge on any atom is -0.380 e. The van der Waals surface area contributed by atoms with E-state index in [1.54, 1.807) is 0 Å². The van der Waals surface area contributed by atoms with Crippen LogP contribution in [0.5, 0.6) is 0 Å². The maximum Gasteiger partial charge on any atom is 0.0542 e. The monoisotopic (exact) mass is 198 g/mol. The normalized spacial score (nSPS) is 30.9. The summed E-state index contributed by atoms with van der Waals surface area (Å²) in [6, 6.07) is 0.782. The third-order valence-corrected chi connectivity index (χ3v) is 3.67. The van der Waals surface area contributed by atoms with Crippen molar-refractivity contribution in [3.8, 4) is 0 Å². The van der Waals surface area contributed by atoms with Crippen molar-refractivity contribution >= 4 is 0 Å². The van der Waals surface area contributed by atoms with Crippen molar-refractivity contribution in [2.75, 3.05) is 32.8 Å². The van der Waals surface area contributed by atoms with Crippen molar-refractivity contribution in [1.29, 1.82) is 0 Å². The molecule has 1 unspecified atom stereocenters. The molecule has 3 nitrogen and oxygen atoms in total. The Balaban J connectivity index is 1.65. The molecule has 0 aromatic rings. The third kappa shape index (κ3) is 2.10. The van der Waals surface area contributed by atoms with Gasteiger partial charge in [0.15, 0.2) is 0 Å². The molecule has 2 heterocycles. The van der Waals surface area contributed by atoms with Gasteiger partial charge in [0.05, 0.1) is 13.2 Å². The lowest BCUT2D eigenvalue weighted by Gasteiger charge is -2.45. The maximum atomic E-state index is 5.57. The van der Waals surface area contributed by atoms with Crippen LogP contribution in [-0.4, -0.2) is 43.8 Å². The smallest absolute Gasteiger partial charge is 0.0542 e.